The molecule has 0 unspecified atom stereocenters. The fraction of sp³-hybridized carbons (Fsp3) is 0.0476. The van der Waals surface area contributed by atoms with Crippen LogP contribution in [-0.2, 0) is 6.18 Å². The van der Waals surface area contributed by atoms with Gasteiger partial charge in [0.05, 0.1) is 22.5 Å². The zero-order valence-electron chi connectivity index (χ0n) is 16.1. The molecule has 11 heteroatoms. The van der Waals surface area contributed by atoms with Crippen LogP contribution in [0.5, 0.6) is 0 Å². The number of H-pyrrole nitrogens is 1. The number of aromatic amines is 1. The van der Waals surface area contributed by atoms with Gasteiger partial charge in [0.15, 0.2) is 5.82 Å². The molecular formula is C21H14F4N6O. The van der Waals surface area contributed by atoms with Gasteiger partial charge >= 0.3 is 12.2 Å². The van der Waals surface area contributed by atoms with Crippen molar-refractivity contribution in [2.45, 2.75) is 6.18 Å². The summed E-state index contributed by atoms with van der Waals surface area (Å²) in [5.74, 6) is -1.06. The van der Waals surface area contributed by atoms with Gasteiger partial charge in [0, 0.05) is 0 Å². The molecule has 32 heavy (non-hydrogen) atoms. The number of urea groups is 1. The Kier molecular flexibility index (Phi) is 5.31. The number of alkyl halides is 3. The first-order valence-corrected chi connectivity index (χ1v) is 9.15. The zero-order chi connectivity index (χ0) is 22.9. The van der Waals surface area contributed by atoms with Gasteiger partial charge in [0.1, 0.15) is 0 Å². The number of anilines is 2. The summed E-state index contributed by atoms with van der Waals surface area (Å²) < 4.78 is 55.2. The fourth-order valence-corrected chi connectivity index (χ4v) is 3.21. The van der Waals surface area contributed by atoms with E-state index in [2.05, 4.69) is 20.6 Å². The molecule has 4 aromatic rings. The normalized spacial score (nSPS) is 11.4. The molecule has 0 spiro atoms. The third kappa shape index (κ3) is 4.00. The predicted octanol–water partition coefficient (Wildman–Crippen LogP) is 4.91. The Morgan fingerprint density at radius 3 is 2.34 bits per heavy atom. The Hall–Kier alpha value is -4.28. The van der Waals surface area contributed by atoms with Crippen molar-refractivity contribution in [3.63, 3.8) is 0 Å². The number of benzene rings is 3. The molecule has 0 radical (unpaired) electrons. The SMILES string of the molecule is NC(=O)N(c1cccc(C(F)(F)F)c1)c1cc(-c2ccccc2)cc(-c2nn[nH]n2)c1F. The molecule has 0 atom stereocenters. The Balaban J connectivity index is 1.96. The van der Waals surface area contributed by atoms with Crippen LogP contribution in [-0.4, -0.2) is 26.7 Å². The molecule has 1 heterocycles. The van der Waals surface area contributed by atoms with Crippen molar-refractivity contribution in [1.82, 2.24) is 20.6 Å². The van der Waals surface area contributed by atoms with E-state index in [1.807, 2.05) is 0 Å². The van der Waals surface area contributed by atoms with Crippen molar-refractivity contribution in [2.24, 2.45) is 5.73 Å². The smallest absolute Gasteiger partial charge is 0.351 e. The van der Waals surface area contributed by atoms with E-state index in [1.165, 1.54) is 18.2 Å². The van der Waals surface area contributed by atoms with Gasteiger partial charge in [-0.1, -0.05) is 36.4 Å². The first-order valence-electron chi connectivity index (χ1n) is 9.15. The average Bonchev–Trinajstić information content (AvgIpc) is 3.30. The van der Waals surface area contributed by atoms with Gasteiger partial charge in [-0.3, -0.25) is 4.90 Å². The third-order valence-corrected chi connectivity index (χ3v) is 4.64. The number of aromatic nitrogens is 4. The molecule has 0 fully saturated rings. The number of halogens is 4. The minimum Gasteiger partial charge on any atom is -0.351 e. The summed E-state index contributed by atoms with van der Waals surface area (Å²) in [4.78, 5) is 13.0. The Bertz CT molecular complexity index is 1260. The van der Waals surface area contributed by atoms with E-state index in [-0.39, 0.29) is 22.8 Å². The highest BCUT2D eigenvalue weighted by Gasteiger charge is 2.32. The second-order valence-electron chi connectivity index (χ2n) is 6.68. The quantitative estimate of drug-likeness (QED) is 0.439. The highest BCUT2D eigenvalue weighted by atomic mass is 19.4. The number of hydrogen-bond donors (Lipinski definition) is 2. The molecule has 7 nitrogen and oxygen atoms in total. The van der Waals surface area contributed by atoms with Crippen LogP contribution in [0, 0.1) is 5.82 Å². The van der Waals surface area contributed by atoms with E-state index < -0.39 is 23.6 Å². The van der Waals surface area contributed by atoms with Crippen molar-refractivity contribution in [2.75, 3.05) is 4.90 Å². The van der Waals surface area contributed by atoms with Crippen molar-refractivity contribution in [3.8, 4) is 22.5 Å². The molecule has 0 bridgehead atoms. The number of carbonyl (C=O) groups is 1. The van der Waals surface area contributed by atoms with Crippen LogP contribution < -0.4 is 10.6 Å². The van der Waals surface area contributed by atoms with Crippen molar-refractivity contribution < 1.29 is 22.4 Å². The second kappa shape index (κ2) is 8.10. The van der Waals surface area contributed by atoms with E-state index in [1.54, 1.807) is 30.3 Å². The summed E-state index contributed by atoms with van der Waals surface area (Å²) >= 11 is 0. The van der Waals surface area contributed by atoms with Gasteiger partial charge in [-0.25, -0.2) is 9.18 Å². The zero-order valence-corrected chi connectivity index (χ0v) is 16.1. The fourth-order valence-electron chi connectivity index (χ4n) is 3.21. The maximum Gasteiger partial charge on any atom is 0.416 e. The van der Waals surface area contributed by atoms with Crippen LogP contribution >= 0.6 is 0 Å². The summed E-state index contributed by atoms with van der Waals surface area (Å²) in [7, 11) is 0. The minimum atomic E-state index is -4.67. The molecule has 0 saturated heterocycles. The summed E-state index contributed by atoms with van der Waals surface area (Å²) in [5, 5.41) is 13.2. The standard InChI is InChI=1S/C21H14F4N6O/c22-18-16(19-27-29-30-28-19)9-13(12-5-2-1-3-6-12)10-17(18)31(20(26)32)15-8-4-7-14(11-15)21(23,24)25/h1-11H,(H2,26,32)(H,27,28,29,30). The first-order chi connectivity index (χ1) is 15.3. The number of amides is 2. The van der Waals surface area contributed by atoms with Gasteiger partial charge in [-0.05, 0) is 46.7 Å². The summed E-state index contributed by atoms with van der Waals surface area (Å²) in [5.41, 5.74) is 4.84. The molecule has 4 rings (SSSR count). The Morgan fingerprint density at radius 1 is 0.969 bits per heavy atom. The highest BCUT2D eigenvalue weighted by Crippen LogP contribution is 2.39. The number of nitrogens with two attached hydrogens (primary N) is 1. The van der Waals surface area contributed by atoms with Crippen LogP contribution in [0.15, 0.2) is 66.7 Å². The predicted molar refractivity (Wildman–Crippen MR) is 108 cm³/mol. The minimum absolute atomic E-state index is 0.102. The lowest BCUT2D eigenvalue weighted by Gasteiger charge is -2.24. The van der Waals surface area contributed by atoms with E-state index in [0.717, 1.165) is 12.1 Å². The number of carbonyl (C=O) groups excluding carboxylic acids is 1. The summed E-state index contributed by atoms with van der Waals surface area (Å²) in [6, 6.07) is 14.3. The van der Waals surface area contributed by atoms with Crippen molar-refractivity contribution in [3.05, 3.63) is 78.1 Å². The van der Waals surface area contributed by atoms with Crippen LogP contribution in [0.25, 0.3) is 22.5 Å². The molecule has 0 aliphatic rings. The number of nitrogens with one attached hydrogen (secondary N) is 1. The van der Waals surface area contributed by atoms with E-state index in [9.17, 15) is 18.0 Å². The lowest BCUT2D eigenvalue weighted by Crippen LogP contribution is -2.32. The molecule has 0 aliphatic carbocycles. The first kappa shape index (κ1) is 21.0. The van der Waals surface area contributed by atoms with Gasteiger partial charge in [0.25, 0.3) is 0 Å². The second-order valence-corrected chi connectivity index (χ2v) is 6.68. The van der Waals surface area contributed by atoms with Crippen LogP contribution in [0.2, 0.25) is 0 Å². The van der Waals surface area contributed by atoms with Gasteiger partial charge in [-0.15, -0.1) is 10.2 Å². The Labute approximate surface area is 178 Å². The number of rotatable bonds is 4. The number of nitrogens with zero attached hydrogens (tertiary/aromatic N) is 4. The maximum absolute atomic E-state index is 15.6. The van der Waals surface area contributed by atoms with Gasteiger partial charge in [-0.2, -0.15) is 18.4 Å². The van der Waals surface area contributed by atoms with Gasteiger partial charge in [0.2, 0.25) is 5.82 Å². The van der Waals surface area contributed by atoms with Crippen molar-refractivity contribution in [1.29, 1.82) is 0 Å². The van der Waals surface area contributed by atoms with E-state index >= 15 is 4.39 Å². The maximum atomic E-state index is 15.6. The van der Waals surface area contributed by atoms with Crippen molar-refractivity contribution >= 4 is 17.4 Å². The molecular weight excluding hydrogens is 428 g/mol. The molecule has 3 N–H and O–H groups in total. The lowest BCUT2D eigenvalue weighted by molar-refractivity contribution is -0.137. The molecule has 3 aromatic carbocycles. The highest BCUT2D eigenvalue weighted by molar-refractivity contribution is 6.00. The van der Waals surface area contributed by atoms with E-state index in [4.69, 9.17) is 5.73 Å². The summed E-state index contributed by atoms with van der Waals surface area (Å²) in [6.07, 6.45) is -4.67. The molecule has 0 aliphatic heterocycles. The van der Waals surface area contributed by atoms with Crippen LogP contribution in [0.1, 0.15) is 5.56 Å². The number of primary amides is 1. The average molecular weight is 442 g/mol. The van der Waals surface area contributed by atoms with Crippen LogP contribution in [0.3, 0.4) is 0 Å². The third-order valence-electron chi connectivity index (χ3n) is 4.64. The van der Waals surface area contributed by atoms with E-state index in [0.29, 0.717) is 22.1 Å². The molecule has 2 amide bonds. The Morgan fingerprint density at radius 2 is 1.72 bits per heavy atom. The van der Waals surface area contributed by atoms with Crippen LogP contribution in [0.4, 0.5) is 33.7 Å². The largest absolute Gasteiger partial charge is 0.416 e. The molecule has 0 saturated carbocycles. The summed E-state index contributed by atoms with van der Waals surface area (Å²) in [6.45, 7) is 0. The van der Waals surface area contributed by atoms with Gasteiger partial charge < -0.3 is 5.73 Å². The number of hydrogen-bond acceptors (Lipinski definition) is 4. The lowest BCUT2D eigenvalue weighted by atomic mass is 10.00. The molecule has 162 valence electrons. The number of tetrazole rings is 1. The topological polar surface area (TPSA) is 101 Å². The monoisotopic (exact) mass is 442 g/mol. The molecule has 1 aromatic heterocycles.